The van der Waals surface area contributed by atoms with Crippen LogP contribution >= 0.6 is 11.3 Å². The molecule has 0 unspecified atom stereocenters. The highest BCUT2D eigenvalue weighted by atomic mass is 32.1. The molecule has 0 aromatic carbocycles. The minimum Gasteiger partial charge on any atom is -0.342 e. The van der Waals surface area contributed by atoms with E-state index in [0.717, 1.165) is 64.3 Å². The number of anilines is 1. The summed E-state index contributed by atoms with van der Waals surface area (Å²) in [4.78, 5) is 34.5. The molecule has 1 aromatic rings. The summed E-state index contributed by atoms with van der Waals surface area (Å²) < 4.78 is 0. The van der Waals surface area contributed by atoms with Crippen molar-refractivity contribution in [3.8, 4) is 0 Å². The van der Waals surface area contributed by atoms with Crippen LogP contribution in [0.25, 0.3) is 0 Å². The fourth-order valence-electron chi connectivity index (χ4n) is 3.36. The van der Waals surface area contributed by atoms with Crippen LogP contribution in [0.5, 0.6) is 0 Å². The third kappa shape index (κ3) is 5.49. The molecule has 0 saturated carbocycles. The minimum absolute atomic E-state index is 0.0899. The lowest BCUT2D eigenvalue weighted by Crippen LogP contribution is -2.50. The summed E-state index contributed by atoms with van der Waals surface area (Å²) in [5.74, 6) is 0.195. The first-order valence-corrected chi connectivity index (χ1v) is 9.92. The molecule has 7 nitrogen and oxygen atoms in total. The van der Waals surface area contributed by atoms with E-state index in [9.17, 15) is 9.59 Å². The number of nitrogens with one attached hydrogen (secondary N) is 1. The van der Waals surface area contributed by atoms with Crippen LogP contribution in [0.1, 0.15) is 31.9 Å². The van der Waals surface area contributed by atoms with E-state index < -0.39 is 0 Å². The number of amides is 2. The standard InChI is InChI=1S/C17H27N5O2S/c1-14(23)18-17-19-15(13-25-17)11-20-7-9-21(10-8-20)12-16(24)22-5-3-2-4-6-22/h13H,2-12H2,1H3,(H,18,19,23). The van der Waals surface area contributed by atoms with E-state index in [1.54, 1.807) is 0 Å². The molecule has 8 heteroatoms. The van der Waals surface area contributed by atoms with Gasteiger partial charge < -0.3 is 10.2 Å². The number of piperidine rings is 1. The monoisotopic (exact) mass is 365 g/mol. The van der Waals surface area contributed by atoms with Gasteiger partial charge in [0, 0.05) is 58.1 Å². The van der Waals surface area contributed by atoms with Gasteiger partial charge in [-0.3, -0.25) is 19.4 Å². The SMILES string of the molecule is CC(=O)Nc1nc(CN2CCN(CC(=O)N3CCCCC3)CC2)cs1. The van der Waals surface area contributed by atoms with Crippen molar-refractivity contribution in [1.82, 2.24) is 19.7 Å². The molecule has 1 aromatic heterocycles. The maximum atomic E-state index is 12.4. The average Bonchev–Trinajstić information content (AvgIpc) is 3.03. The summed E-state index contributed by atoms with van der Waals surface area (Å²) in [5, 5.41) is 5.38. The molecule has 2 aliphatic rings. The molecule has 138 valence electrons. The van der Waals surface area contributed by atoms with Gasteiger partial charge in [0.25, 0.3) is 0 Å². The second-order valence-electron chi connectivity index (χ2n) is 6.82. The van der Waals surface area contributed by atoms with Crippen molar-refractivity contribution in [3.05, 3.63) is 11.1 Å². The number of piperazine rings is 1. The number of nitrogens with zero attached hydrogens (tertiary/aromatic N) is 4. The zero-order valence-corrected chi connectivity index (χ0v) is 15.7. The Bertz CT molecular complexity index is 592. The van der Waals surface area contributed by atoms with Crippen molar-refractivity contribution < 1.29 is 9.59 Å². The van der Waals surface area contributed by atoms with Gasteiger partial charge in [0.05, 0.1) is 12.2 Å². The first-order valence-electron chi connectivity index (χ1n) is 9.04. The van der Waals surface area contributed by atoms with Gasteiger partial charge in [-0.2, -0.15) is 0 Å². The number of rotatable bonds is 5. The third-order valence-electron chi connectivity index (χ3n) is 4.75. The molecule has 0 spiro atoms. The summed E-state index contributed by atoms with van der Waals surface area (Å²) >= 11 is 1.46. The molecule has 0 radical (unpaired) electrons. The Morgan fingerprint density at radius 1 is 1.08 bits per heavy atom. The first-order chi connectivity index (χ1) is 12.1. The molecule has 2 aliphatic heterocycles. The third-order valence-corrected chi connectivity index (χ3v) is 5.56. The van der Waals surface area contributed by atoms with E-state index in [0.29, 0.717) is 11.7 Å². The number of carbonyl (C=O) groups excluding carboxylic acids is 2. The highest BCUT2D eigenvalue weighted by Gasteiger charge is 2.23. The highest BCUT2D eigenvalue weighted by molar-refractivity contribution is 7.13. The second kappa shape index (κ2) is 8.73. The molecule has 25 heavy (non-hydrogen) atoms. The van der Waals surface area contributed by atoms with Crippen LogP contribution in [-0.2, 0) is 16.1 Å². The van der Waals surface area contributed by atoms with Crippen LogP contribution in [0.3, 0.4) is 0 Å². The van der Waals surface area contributed by atoms with E-state index >= 15 is 0 Å². The number of likely N-dealkylation sites (tertiary alicyclic amines) is 1. The summed E-state index contributed by atoms with van der Waals surface area (Å²) in [7, 11) is 0. The minimum atomic E-state index is -0.0899. The predicted octanol–water partition coefficient (Wildman–Crippen LogP) is 1.23. The van der Waals surface area contributed by atoms with Crippen molar-refractivity contribution >= 4 is 28.3 Å². The van der Waals surface area contributed by atoms with Crippen LogP contribution in [0.4, 0.5) is 5.13 Å². The van der Waals surface area contributed by atoms with Crippen molar-refractivity contribution in [1.29, 1.82) is 0 Å². The molecule has 1 N–H and O–H groups in total. The lowest BCUT2D eigenvalue weighted by atomic mass is 10.1. The molecule has 3 rings (SSSR count). The number of hydrogen-bond donors (Lipinski definition) is 1. The van der Waals surface area contributed by atoms with Crippen LogP contribution in [0, 0.1) is 0 Å². The molecule has 2 saturated heterocycles. The Labute approximate surface area is 153 Å². The maximum Gasteiger partial charge on any atom is 0.236 e. The lowest BCUT2D eigenvalue weighted by molar-refractivity contribution is -0.133. The van der Waals surface area contributed by atoms with E-state index in [-0.39, 0.29) is 11.8 Å². The quantitative estimate of drug-likeness (QED) is 0.850. The van der Waals surface area contributed by atoms with E-state index in [1.807, 2.05) is 10.3 Å². The molecule has 2 fully saturated rings. The van der Waals surface area contributed by atoms with Gasteiger partial charge in [0.15, 0.2) is 5.13 Å². The first kappa shape index (κ1) is 18.3. The fraction of sp³-hybridized carbons (Fsp3) is 0.706. The van der Waals surface area contributed by atoms with Gasteiger partial charge in [-0.15, -0.1) is 11.3 Å². The normalized spacial score (nSPS) is 19.8. The summed E-state index contributed by atoms with van der Waals surface area (Å²) in [6, 6.07) is 0. The molecular weight excluding hydrogens is 338 g/mol. The van der Waals surface area contributed by atoms with Crippen LogP contribution in [0.2, 0.25) is 0 Å². The molecule has 0 bridgehead atoms. The molecule has 3 heterocycles. The van der Waals surface area contributed by atoms with Gasteiger partial charge in [0.1, 0.15) is 0 Å². The predicted molar refractivity (Wildman–Crippen MR) is 98.6 cm³/mol. The van der Waals surface area contributed by atoms with Crippen molar-refractivity contribution in [2.75, 3.05) is 51.1 Å². The zero-order valence-electron chi connectivity index (χ0n) is 14.9. The van der Waals surface area contributed by atoms with Crippen LogP contribution in [0.15, 0.2) is 5.38 Å². The lowest BCUT2D eigenvalue weighted by Gasteiger charge is -2.35. The van der Waals surface area contributed by atoms with Gasteiger partial charge in [0.2, 0.25) is 11.8 Å². The Morgan fingerprint density at radius 2 is 1.76 bits per heavy atom. The number of thiazole rings is 1. The topological polar surface area (TPSA) is 68.8 Å². The molecule has 0 aliphatic carbocycles. The van der Waals surface area contributed by atoms with E-state index in [2.05, 4.69) is 20.1 Å². The summed E-state index contributed by atoms with van der Waals surface area (Å²) in [6.45, 7) is 8.43. The molecular formula is C17H27N5O2S. The Hall–Kier alpha value is -1.51. The average molecular weight is 366 g/mol. The Morgan fingerprint density at radius 3 is 2.44 bits per heavy atom. The fourth-order valence-corrected chi connectivity index (χ4v) is 4.10. The van der Waals surface area contributed by atoms with Gasteiger partial charge >= 0.3 is 0 Å². The summed E-state index contributed by atoms with van der Waals surface area (Å²) in [5.41, 5.74) is 0.992. The smallest absolute Gasteiger partial charge is 0.236 e. The van der Waals surface area contributed by atoms with Gasteiger partial charge in [-0.1, -0.05) is 0 Å². The van der Waals surface area contributed by atoms with Gasteiger partial charge in [-0.25, -0.2) is 4.98 Å². The number of carbonyl (C=O) groups is 2. The van der Waals surface area contributed by atoms with E-state index in [1.165, 1.54) is 24.7 Å². The van der Waals surface area contributed by atoms with E-state index in [4.69, 9.17) is 0 Å². The molecule has 2 amide bonds. The number of aromatic nitrogens is 1. The second-order valence-corrected chi connectivity index (χ2v) is 7.68. The maximum absolute atomic E-state index is 12.4. The highest BCUT2D eigenvalue weighted by Crippen LogP contribution is 2.17. The van der Waals surface area contributed by atoms with Crippen molar-refractivity contribution in [2.24, 2.45) is 0 Å². The zero-order chi connectivity index (χ0) is 17.6. The largest absolute Gasteiger partial charge is 0.342 e. The summed E-state index contributed by atoms with van der Waals surface area (Å²) in [6.07, 6.45) is 3.55. The molecule has 0 atom stereocenters. The van der Waals surface area contributed by atoms with Crippen molar-refractivity contribution in [2.45, 2.75) is 32.7 Å². The Balaban J connectivity index is 1.40. The van der Waals surface area contributed by atoms with Crippen LogP contribution < -0.4 is 5.32 Å². The van der Waals surface area contributed by atoms with Crippen LogP contribution in [-0.4, -0.2) is 77.3 Å². The number of hydrogen-bond acceptors (Lipinski definition) is 6. The van der Waals surface area contributed by atoms with Gasteiger partial charge in [-0.05, 0) is 19.3 Å². The Kier molecular flexibility index (Phi) is 6.39. The van der Waals surface area contributed by atoms with Crippen molar-refractivity contribution in [3.63, 3.8) is 0 Å².